The fourth-order valence-corrected chi connectivity index (χ4v) is 4.50. The lowest BCUT2D eigenvalue weighted by Crippen LogP contribution is -2.37. The predicted octanol–water partition coefficient (Wildman–Crippen LogP) is 6.55. The summed E-state index contributed by atoms with van der Waals surface area (Å²) in [7, 11) is 1.54. The Balaban J connectivity index is 1.43. The lowest BCUT2D eigenvalue weighted by atomic mass is 10.0. The van der Waals surface area contributed by atoms with E-state index >= 15 is 0 Å². The number of imidazole rings is 1. The summed E-state index contributed by atoms with van der Waals surface area (Å²) in [6, 6.07) is 28.3. The number of hydrogen-bond acceptors (Lipinski definition) is 5. The zero-order chi connectivity index (χ0) is 28.8. The van der Waals surface area contributed by atoms with Crippen molar-refractivity contribution in [3.8, 4) is 22.7 Å². The first-order chi connectivity index (χ1) is 19.9. The lowest BCUT2D eigenvalue weighted by molar-refractivity contribution is -0.117. The molecule has 5 aromatic rings. The molecule has 208 valence electrons. The molecule has 0 bridgehead atoms. The van der Waals surface area contributed by atoms with Crippen LogP contribution in [0.15, 0.2) is 108 Å². The minimum absolute atomic E-state index is 0.122. The molecular formula is C33H32N4O4. The summed E-state index contributed by atoms with van der Waals surface area (Å²) >= 11 is 0. The summed E-state index contributed by atoms with van der Waals surface area (Å²) < 4.78 is 12.6. The van der Waals surface area contributed by atoms with Crippen molar-refractivity contribution in [3.63, 3.8) is 0 Å². The molecule has 0 atom stereocenters. The third-order valence-corrected chi connectivity index (χ3v) is 6.73. The summed E-state index contributed by atoms with van der Waals surface area (Å²) in [4.78, 5) is 33.2. The van der Waals surface area contributed by atoms with Gasteiger partial charge < -0.3 is 14.1 Å². The van der Waals surface area contributed by atoms with Crippen molar-refractivity contribution in [1.82, 2.24) is 14.5 Å². The van der Waals surface area contributed by atoms with E-state index in [1.807, 2.05) is 53.2 Å². The number of hydrogen-bond donors (Lipinski definition) is 1. The number of nitrogens with one attached hydrogen (secondary N) is 1. The summed E-state index contributed by atoms with van der Waals surface area (Å²) in [5, 5.41) is 2.94. The molecule has 0 saturated carbocycles. The molecule has 0 saturated heterocycles. The number of furan rings is 1. The Bertz CT molecular complexity index is 1610. The molecule has 41 heavy (non-hydrogen) atoms. The van der Waals surface area contributed by atoms with Gasteiger partial charge in [0.25, 0.3) is 5.91 Å². The predicted molar refractivity (Wildman–Crippen MR) is 158 cm³/mol. The summed E-state index contributed by atoms with van der Waals surface area (Å²) in [5.41, 5.74) is 4.12. The molecule has 3 aromatic carbocycles. The molecule has 1 N–H and O–H groups in total. The third kappa shape index (κ3) is 6.55. The molecule has 2 amide bonds. The van der Waals surface area contributed by atoms with Crippen LogP contribution >= 0.6 is 0 Å². The third-order valence-electron chi connectivity index (χ3n) is 6.73. The van der Waals surface area contributed by atoms with Crippen LogP contribution in [0.1, 0.15) is 41.4 Å². The molecule has 2 aromatic heterocycles. The van der Waals surface area contributed by atoms with Gasteiger partial charge >= 0.3 is 0 Å². The van der Waals surface area contributed by atoms with Crippen LogP contribution < -0.4 is 10.1 Å². The molecule has 0 aliphatic rings. The van der Waals surface area contributed by atoms with Gasteiger partial charge in [-0.3, -0.25) is 19.5 Å². The Morgan fingerprint density at radius 2 is 1.76 bits per heavy atom. The number of anilines is 1. The van der Waals surface area contributed by atoms with E-state index in [1.165, 1.54) is 16.7 Å². The van der Waals surface area contributed by atoms with Crippen LogP contribution in [0.25, 0.3) is 16.9 Å². The van der Waals surface area contributed by atoms with E-state index in [9.17, 15) is 9.59 Å². The van der Waals surface area contributed by atoms with Crippen molar-refractivity contribution in [3.05, 3.63) is 120 Å². The molecule has 2 heterocycles. The summed E-state index contributed by atoms with van der Waals surface area (Å²) in [6.07, 6.45) is 3.44. The SMILES string of the molecule is COc1cccc(C(=O)N(CC(=O)Nc2nc(-c3ccccc3)cn2-c2ccc(C(C)C)cc2)Cc2ccco2)c1. The van der Waals surface area contributed by atoms with Gasteiger partial charge in [-0.1, -0.05) is 62.4 Å². The Morgan fingerprint density at radius 1 is 0.976 bits per heavy atom. The molecule has 0 unspecified atom stereocenters. The molecule has 0 spiro atoms. The minimum Gasteiger partial charge on any atom is -0.497 e. The molecular weight excluding hydrogens is 516 g/mol. The Kier molecular flexibility index (Phi) is 8.29. The van der Waals surface area contributed by atoms with Crippen LogP contribution in [-0.4, -0.2) is 39.9 Å². The van der Waals surface area contributed by atoms with Gasteiger partial charge in [0, 0.05) is 23.0 Å². The van der Waals surface area contributed by atoms with Gasteiger partial charge in [0.2, 0.25) is 11.9 Å². The number of benzene rings is 3. The fraction of sp³-hybridized carbons (Fsp3) is 0.182. The highest BCUT2D eigenvalue weighted by atomic mass is 16.5. The average Bonchev–Trinajstić information content (AvgIpc) is 3.67. The molecule has 0 aliphatic heterocycles. The van der Waals surface area contributed by atoms with E-state index in [4.69, 9.17) is 14.1 Å². The number of rotatable bonds is 10. The molecule has 8 nitrogen and oxygen atoms in total. The number of carbonyl (C=O) groups excluding carboxylic acids is 2. The molecule has 5 rings (SSSR count). The van der Waals surface area contributed by atoms with E-state index in [0.717, 1.165) is 11.3 Å². The second-order valence-electron chi connectivity index (χ2n) is 9.95. The number of amides is 2. The summed E-state index contributed by atoms with van der Waals surface area (Å²) in [5.74, 6) is 1.15. The van der Waals surface area contributed by atoms with Crippen LogP contribution in [0.5, 0.6) is 5.75 Å². The molecule has 0 radical (unpaired) electrons. The maximum atomic E-state index is 13.5. The topological polar surface area (TPSA) is 89.6 Å². The Hall–Kier alpha value is -5.11. The molecule has 0 fully saturated rings. The van der Waals surface area contributed by atoms with Crippen LogP contribution in [-0.2, 0) is 11.3 Å². The van der Waals surface area contributed by atoms with Crippen molar-refractivity contribution < 1.29 is 18.7 Å². The van der Waals surface area contributed by atoms with E-state index in [1.54, 1.807) is 43.5 Å². The van der Waals surface area contributed by atoms with Gasteiger partial charge in [-0.05, 0) is 53.9 Å². The van der Waals surface area contributed by atoms with Crippen molar-refractivity contribution >= 4 is 17.8 Å². The zero-order valence-electron chi connectivity index (χ0n) is 23.3. The van der Waals surface area contributed by atoms with Crippen LogP contribution in [0.4, 0.5) is 5.95 Å². The number of ether oxygens (including phenoxy) is 1. The molecule has 0 aliphatic carbocycles. The summed E-state index contributed by atoms with van der Waals surface area (Å²) in [6.45, 7) is 4.20. The van der Waals surface area contributed by atoms with Crippen molar-refractivity contribution in [2.24, 2.45) is 0 Å². The lowest BCUT2D eigenvalue weighted by Gasteiger charge is -2.21. The van der Waals surface area contributed by atoms with Crippen LogP contribution in [0.3, 0.4) is 0 Å². The molecule has 8 heteroatoms. The van der Waals surface area contributed by atoms with E-state index < -0.39 is 5.91 Å². The van der Waals surface area contributed by atoms with Gasteiger partial charge in [-0.25, -0.2) is 4.98 Å². The second kappa shape index (κ2) is 12.4. The first kappa shape index (κ1) is 27.5. The quantitative estimate of drug-likeness (QED) is 0.214. The van der Waals surface area contributed by atoms with Crippen molar-refractivity contribution in [1.29, 1.82) is 0 Å². The maximum Gasteiger partial charge on any atom is 0.254 e. The number of aromatic nitrogens is 2. The minimum atomic E-state index is -0.391. The van der Waals surface area contributed by atoms with E-state index in [-0.39, 0.29) is 19.0 Å². The monoisotopic (exact) mass is 548 g/mol. The standard InChI is InChI=1S/C33H32N4O4/c1-23(2)24-14-16-27(17-15-24)37-21-30(25-9-5-4-6-10-25)34-33(37)35-31(38)22-36(20-29-13-8-18-41-29)32(39)26-11-7-12-28(19-26)40-3/h4-19,21,23H,20,22H2,1-3H3,(H,34,35,38). The largest absolute Gasteiger partial charge is 0.497 e. The highest BCUT2D eigenvalue weighted by Gasteiger charge is 2.22. The van der Waals surface area contributed by atoms with Gasteiger partial charge in [0.1, 0.15) is 18.1 Å². The highest BCUT2D eigenvalue weighted by molar-refractivity contribution is 5.99. The maximum absolute atomic E-state index is 13.5. The number of methoxy groups -OCH3 is 1. The van der Waals surface area contributed by atoms with Gasteiger partial charge in [0.15, 0.2) is 0 Å². The zero-order valence-corrected chi connectivity index (χ0v) is 23.3. The van der Waals surface area contributed by atoms with Crippen LogP contribution in [0.2, 0.25) is 0 Å². The van der Waals surface area contributed by atoms with E-state index in [2.05, 4.69) is 31.3 Å². The Morgan fingerprint density at radius 3 is 2.44 bits per heavy atom. The van der Waals surface area contributed by atoms with Crippen molar-refractivity contribution in [2.45, 2.75) is 26.3 Å². The van der Waals surface area contributed by atoms with Crippen molar-refractivity contribution in [2.75, 3.05) is 19.0 Å². The van der Waals surface area contributed by atoms with Gasteiger partial charge in [-0.2, -0.15) is 0 Å². The normalized spacial score (nSPS) is 10.9. The van der Waals surface area contributed by atoms with E-state index in [0.29, 0.717) is 34.6 Å². The number of carbonyl (C=O) groups is 2. The smallest absolute Gasteiger partial charge is 0.254 e. The van der Waals surface area contributed by atoms with Crippen LogP contribution in [0, 0.1) is 0 Å². The Labute approximate surface area is 239 Å². The van der Waals surface area contributed by atoms with Gasteiger partial charge in [0.05, 0.1) is 25.6 Å². The first-order valence-corrected chi connectivity index (χ1v) is 13.4. The average molecular weight is 549 g/mol. The van der Waals surface area contributed by atoms with Gasteiger partial charge in [-0.15, -0.1) is 0 Å². The first-order valence-electron chi connectivity index (χ1n) is 13.4. The fourth-order valence-electron chi connectivity index (χ4n) is 4.50. The highest BCUT2D eigenvalue weighted by Crippen LogP contribution is 2.26. The second-order valence-corrected chi connectivity index (χ2v) is 9.95. The number of nitrogens with zero attached hydrogens (tertiary/aromatic N) is 3.